The van der Waals surface area contributed by atoms with Crippen molar-refractivity contribution >= 4 is 23.9 Å². The SMILES string of the molecule is CC(=O)OC[C@H]1O[C@H](Oc2cccc(C#N)c2)[C@H](OC(C)=O)[C@@H](OC(C)=O)[C@@H]1OC(C)=O. The van der Waals surface area contributed by atoms with Crippen LogP contribution in [0.3, 0.4) is 0 Å². The minimum atomic E-state index is -1.36. The third-order valence-electron chi connectivity index (χ3n) is 4.16. The molecule has 172 valence electrons. The maximum absolute atomic E-state index is 11.8. The maximum Gasteiger partial charge on any atom is 0.303 e. The fraction of sp³-hybridized carbons (Fsp3) is 0.476. The van der Waals surface area contributed by atoms with Crippen LogP contribution in [0.25, 0.3) is 0 Å². The number of hydrogen-bond donors (Lipinski definition) is 0. The number of esters is 4. The Balaban J connectivity index is 2.46. The fourth-order valence-corrected chi connectivity index (χ4v) is 3.06. The van der Waals surface area contributed by atoms with Gasteiger partial charge >= 0.3 is 23.9 Å². The predicted molar refractivity (Wildman–Crippen MR) is 104 cm³/mol. The highest BCUT2D eigenvalue weighted by Gasteiger charge is 2.53. The zero-order chi connectivity index (χ0) is 23.8. The summed E-state index contributed by atoms with van der Waals surface area (Å²) in [6.45, 7) is 4.19. The van der Waals surface area contributed by atoms with E-state index in [0.717, 1.165) is 20.8 Å². The van der Waals surface area contributed by atoms with E-state index in [1.807, 2.05) is 6.07 Å². The molecule has 1 aromatic carbocycles. The van der Waals surface area contributed by atoms with Crippen LogP contribution in [-0.4, -0.2) is 61.2 Å². The normalized spacial score (nSPS) is 24.4. The summed E-state index contributed by atoms with van der Waals surface area (Å²) in [6, 6.07) is 8.05. The van der Waals surface area contributed by atoms with E-state index >= 15 is 0 Å². The second-order valence-electron chi connectivity index (χ2n) is 6.83. The lowest BCUT2D eigenvalue weighted by atomic mass is 9.98. The van der Waals surface area contributed by atoms with Crippen molar-refractivity contribution in [2.45, 2.75) is 58.4 Å². The van der Waals surface area contributed by atoms with Gasteiger partial charge in [-0.05, 0) is 18.2 Å². The van der Waals surface area contributed by atoms with E-state index in [1.165, 1.54) is 19.1 Å². The first-order chi connectivity index (χ1) is 15.1. The van der Waals surface area contributed by atoms with Gasteiger partial charge in [0.25, 0.3) is 0 Å². The Morgan fingerprint density at radius 2 is 1.50 bits per heavy atom. The summed E-state index contributed by atoms with van der Waals surface area (Å²) in [5.74, 6) is -2.64. The Bertz CT molecular complexity index is 908. The summed E-state index contributed by atoms with van der Waals surface area (Å²) >= 11 is 0. The molecule has 1 heterocycles. The number of ether oxygens (including phenoxy) is 6. The highest BCUT2D eigenvalue weighted by molar-refractivity contribution is 5.68. The molecular formula is C21H23NO10. The van der Waals surface area contributed by atoms with Crippen LogP contribution < -0.4 is 4.74 Å². The average Bonchev–Trinajstić information content (AvgIpc) is 2.70. The Morgan fingerprint density at radius 1 is 0.906 bits per heavy atom. The quantitative estimate of drug-likeness (QED) is 0.434. The standard InChI is InChI=1S/C21H23NO10/c1-11(23)27-10-17-18(28-12(2)24)19(29-13(3)25)20(30-14(4)26)21(32-17)31-16-7-5-6-15(8-16)9-22/h5-8,17-21H,10H2,1-4H3/t17-,18-,19+,20-,21+/m1/s1. The Hall–Kier alpha value is -3.65. The van der Waals surface area contributed by atoms with Gasteiger partial charge in [-0.1, -0.05) is 6.07 Å². The zero-order valence-corrected chi connectivity index (χ0v) is 17.9. The first kappa shape index (κ1) is 24.6. The van der Waals surface area contributed by atoms with Crippen molar-refractivity contribution < 1.29 is 47.6 Å². The summed E-state index contributed by atoms with van der Waals surface area (Å²) in [6.07, 6.45) is -6.43. The number of carbonyl (C=O) groups excluding carboxylic acids is 4. The summed E-state index contributed by atoms with van der Waals surface area (Å²) in [5.41, 5.74) is 0.299. The van der Waals surface area contributed by atoms with Gasteiger partial charge < -0.3 is 28.4 Å². The minimum Gasteiger partial charge on any atom is -0.463 e. The molecule has 1 fully saturated rings. The van der Waals surface area contributed by atoms with Gasteiger partial charge in [0.2, 0.25) is 12.4 Å². The van der Waals surface area contributed by atoms with Gasteiger partial charge in [0.15, 0.2) is 12.2 Å². The molecule has 0 spiro atoms. The van der Waals surface area contributed by atoms with Crippen molar-refractivity contribution in [2.24, 2.45) is 0 Å². The van der Waals surface area contributed by atoms with Crippen LogP contribution in [-0.2, 0) is 42.9 Å². The first-order valence-electron chi connectivity index (χ1n) is 9.58. The number of rotatable bonds is 7. The van der Waals surface area contributed by atoms with E-state index in [2.05, 4.69) is 0 Å². The fourth-order valence-electron chi connectivity index (χ4n) is 3.06. The van der Waals surface area contributed by atoms with Gasteiger partial charge in [-0.3, -0.25) is 19.2 Å². The molecule has 2 rings (SSSR count). The van der Waals surface area contributed by atoms with Crippen molar-refractivity contribution in [3.8, 4) is 11.8 Å². The Labute approximate surface area is 184 Å². The number of nitriles is 1. The summed E-state index contributed by atoms with van der Waals surface area (Å²) < 4.78 is 32.5. The lowest BCUT2D eigenvalue weighted by molar-refractivity contribution is -0.288. The predicted octanol–water partition coefficient (Wildman–Crippen LogP) is 1.02. The van der Waals surface area contributed by atoms with Crippen molar-refractivity contribution in [1.29, 1.82) is 5.26 Å². The van der Waals surface area contributed by atoms with Crippen LogP contribution in [0.15, 0.2) is 24.3 Å². The van der Waals surface area contributed by atoms with E-state index in [1.54, 1.807) is 12.1 Å². The molecule has 0 aromatic heterocycles. The molecule has 1 saturated heterocycles. The molecule has 1 aliphatic heterocycles. The molecule has 5 atom stereocenters. The molecule has 0 amide bonds. The molecule has 0 saturated carbocycles. The molecule has 0 radical (unpaired) electrons. The molecule has 0 aliphatic carbocycles. The number of benzene rings is 1. The van der Waals surface area contributed by atoms with E-state index in [0.29, 0.717) is 5.56 Å². The monoisotopic (exact) mass is 449 g/mol. The highest BCUT2D eigenvalue weighted by Crippen LogP contribution is 2.31. The average molecular weight is 449 g/mol. The van der Waals surface area contributed by atoms with Crippen LogP contribution in [0.5, 0.6) is 5.75 Å². The number of nitrogens with zero attached hydrogens (tertiary/aromatic N) is 1. The largest absolute Gasteiger partial charge is 0.463 e. The second-order valence-corrected chi connectivity index (χ2v) is 6.83. The Kier molecular flexibility index (Phi) is 8.54. The van der Waals surface area contributed by atoms with Gasteiger partial charge in [-0.15, -0.1) is 0 Å². The lowest BCUT2D eigenvalue weighted by Crippen LogP contribution is -2.63. The van der Waals surface area contributed by atoms with Crippen LogP contribution in [0.1, 0.15) is 33.3 Å². The molecule has 32 heavy (non-hydrogen) atoms. The molecule has 0 bridgehead atoms. The molecule has 0 N–H and O–H groups in total. The lowest BCUT2D eigenvalue weighted by Gasteiger charge is -2.43. The Morgan fingerprint density at radius 3 is 2.06 bits per heavy atom. The van der Waals surface area contributed by atoms with Gasteiger partial charge in [0.1, 0.15) is 18.5 Å². The van der Waals surface area contributed by atoms with Crippen LogP contribution in [0.4, 0.5) is 0 Å². The molecular weight excluding hydrogens is 426 g/mol. The topological polar surface area (TPSA) is 147 Å². The third kappa shape index (κ3) is 6.95. The first-order valence-corrected chi connectivity index (χ1v) is 9.58. The van der Waals surface area contributed by atoms with Crippen molar-refractivity contribution in [1.82, 2.24) is 0 Å². The summed E-state index contributed by atoms with van der Waals surface area (Å²) in [4.78, 5) is 46.6. The van der Waals surface area contributed by atoms with Gasteiger partial charge in [-0.25, -0.2) is 0 Å². The highest BCUT2D eigenvalue weighted by atomic mass is 16.7. The smallest absolute Gasteiger partial charge is 0.303 e. The zero-order valence-electron chi connectivity index (χ0n) is 17.9. The maximum atomic E-state index is 11.8. The van der Waals surface area contributed by atoms with Gasteiger partial charge in [0.05, 0.1) is 11.6 Å². The second kappa shape index (κ2) is 11.1. The van der Waals surface area contributed by atoms with Gasteiger partial charge in [-0.2, -0.15) is 5.26 Å². The van der Waals surface area contributed by atoms with E-state index in [9.17, 15) is 19.2 Å². The van der Waals surface area contributed by atoms with Crippen LogP contribution in [0, 0.1) is 11.3 Å². The minimum absolute atomic E-state index is 0.199. The van der Waals surface area contributed by atoms with Gasteiger partial charge in [0, 0.05) is 27.7 Å². The van der Waals surface area contributed by atoms with Crippen molar-refractivity contribution in [2.75, 3.05) is 6.61 Å². The summed E-state index contributed by atoms with van der Waals surface area (Å²) in [7, 11) is 0. The van der Waals surface area contributed by atoms with Crippen LogP contribution >= 0.6 is 0 Å². The summed E-state index contributed by atoms with van der Waals surface area (Å²) in [5, 5.41) is 9.10. The number of carbonyl (C=O) groups is 4. The van der Waals surface area contributed by atoms with Crippen molar-refractivity contribution in [3.63, 3.8) is 0 Å². The molecule has 1 aliphatic rings. The van der Waals surface area contributed by atoms with E-state index < -0.39 is 54.6 Å². The molecule has 0 unspecified atom stereocenters. The number of hydrogen-bond acceptors (Lipinski definition) is 11. The molecule has 1 aromatic rings. The van der Waals surface area contributed by atoms with E-state index in [-0.39, 0.29) is 12.4 Å². The molecule has 11 nitrogen and oxygen atoms in total. The van der Waals surface area contributed by atoms with Crippen LogP contribution in [0.2, 0.25) is 0 Å². The third-order valence-corrected chi connectivity index (χ3v) is 4.16. The van der Waals surface area contributed by atoms with E-state index in [4.69, 9.17) is 33.7 Å². The van der Waals surface area contributed by atoms with Crippen molar-refractivity contribution in [3.05, 3.63) is 29.8 Å². The molecule has 11 heteroatoms.